The largest absolute Gasteiger partial charge is 0.376 e. The summed E-state index contributed by atoms with van der Waals surface area (Å²) in [7, 11) is 0. The van der Waals surface area contributed by atoms with Gasteiger partial charge in [-0.1, -0.05) is 66.7 Å². The zero-order chi connectivity index (χ0) is 26.7. The predicted molar refractivity (Wildman–Crippen MR) is 150 cm³/mol. The molecule has 0 aromatic heterocycles. The molecule has 0 saturated carbocycles. The molecule has 7 nitrogen and oxygen atoms in total. The molecule has 0 fully saturated rings. The molecular formula is C31H30N4O3. The average Bonchev–Trinajstić information content (AvgIpc) is 2.96. The topological polar surface area (TPSA) is 99.3 Å². The lowest BCUT2D eigenvalue weighted by molar-refractivity contribution is -0.114. The molecule has 1 atom stereocenters. The normalized spacial score (nSPS) is 11.2. The van der Waals surface area contributed by atoms with Crippen molar-refractivity contribution >= 4 is 29.1 Å². The summed E-state index contributed by atoms with van der Waals surface area (Å²) in [6, 6.07) is 33.0. The zero-order valence-corrected chi connectivity index (χ0v) is 21.1. The Labute approximate surface area is 222 Å². The number of rotatable bonds is 10. The Hall–Kier alpha value is -4.91. The first-order valence-corrected chi connectivity index (χ1v) is 12.4. The first-order valence-electron chi connectivity index (χ1n) is 12.4. The molecule has 0 spiro atoms. The highest BCUT2D eigenvalue weighted by Crippen LogP contribution is 2.15. The van der Waals surface area contributed by atoms with E-state index in [1.807, 2.05) is 67.6 Å². The van der Waals surface area contributed by atoms with Gasteiger partial charge >= 0.3 is 0 Å². The van der Waals surface area contributed by atoms with Crippen LogP contribution in [0.25, 0.3) is 0 Å². The van der Waals surface area contributed by atoms with Gasteiger partial charge in [-0.2, -0.15) is 0 Å². The van der Waals surface area contributed by atoms with Crippen LogP contribution in [0.4, 0.5) is 11.4 Å². The van der Waals surface area contributed by atoms with E-state index in [0.717, 1.165) is 11.1 Å². The van der Waals surface area contributed by atoms with Crippen molar-refractivity contribution < 1.29 is 14.4 Å². The van der Waals surface area contributed by atoms with Crippen molar-refractivity contribution in [1.82, 2.24) is 10.6 Å². The molecule has 0 radical (unpaired) electrons. The summed E-state index contributed by atoms with van der Waals surface area (Å²) in [5, 5.41) is 11.7. The third-order valence-corrected chi connectivity index (χ3v) is 5.95. The lowest BCUT2D eigenvalue weighted by atomic mass is 10.1. The van der Waals surface area contributed by atoms with E-state index >= 15 is 0 Å². The van der Waals surface area contributed by atoms with E-state index in [4.69, 9.17) is 0 Å². The molecule has 7 heteroatoms. The Morgan fingerprint density at radius 2 is 1.37 bits per heavy atom. The molecule has 0 saturated heterocycles. The van der Waals surface area contributed by atoms with Gasteiger partial charge in [0, 0.05) is 29.0 Å². The Morgan fingerprint density at radius 3 is 2.08 bits per heavy atom. The van der Waals surface area contributed by atoms with Gasteiger partial charge in [0.15, 0.2) is 0 Å². The number of nitrogens with one attached hydrogen (secondary N) is 4. The van der Waals surface area contributed by atoms with Crippen LogP contribution < -0.4 is 21.3 Å². The second-order valence-corrected chi connectivity index (χ2v) is 8.83. The van der Waals surface area contributed by atoms with Crippen molar-refractivity contribution in [1.29, 1.82) is 0 Å². The highest BCUT2D eigenvalue weighted by molar-refractivity contribution is 5.98. The van der Waals surface area contributed by atoms with Crippen LogP contribution in [0, 0.1) is 0 Å². The molecule has 0 bridgehead atoms. The minimum Gasteiger partial charge on any atom is -0.376 e. The SMILES string of the molecule is CC(NC(=O)c1cccc(NC(=O)CNc2ccc(C(=O)NCc3ccccc3)cc2)c1)c1ccccc1. The van der Waals surface area contributed by atoms with E-state index in [9.17, 15) is 14.4 Å². The van der Waals surface area contributed by atoms with Crippen LogP contribution in [0.2, 0.25) is 0 Å². The van der Waals surface area contributed by atoms with Crippen LogP contribution in [0.15, 0.2) is 109 Å². The number of benzene rings is 4. The molecule has 0 aliphatic carbocycles. The van der Waals surface area contributed by atoms with E-state index < -0.39 is 0 Å². The summed E-state index contributed by atoms with van der Waals surface area (Å²) < 4.78 is 0. The van der Waals surface area contributed by atoms with Crippen LogP contribution >= 0.6 is 0 Å². The maximum Gasteiger partial charge on any atom is 0.251 e. The Kier molecular flexibility index (Phi) is 8.86. The van der Waals surface area contributed by atoms with Gasteiger partial charge in [0.2, 0.25) is 5.91 Å². The molecule has 0 heterocycles. The van der Waals surface area contributed by atoms with Crippen LogP contribution in [-0.2, 0) is 11.3 Å². The fourth-order valence-electron chi connectivity index (χ4n) is 3.85. The molecule has 0 aliphatic heterocycles. The highest BCUT2D eigenvalue weighted by atomic mass is 16.2. The van der Waals surface area contributed by atoms with Crippen molar-refractivity contribution in [2.24, 2.45) is 0 Å². The maximum atomic E-state index is 12.7. The molecule has 4 aromatic carbocycles. The number of hydrogen-bond donors (Lipinski definition) is 4. The van der Waals surface area contributed by atoms with Crippen molar-refractivity contribution in [3.63, 3.8) is 0 Å². The summed E-state index contributed by atoms with van der Waals surface area (Å²) in [6.45, 7) is 2.41. The van der Waals surface area contributed by atoms with Gasteiger partial charge < -0.3 is 21.3 Å². The van der Waals surface area contributed by atoms with Crippen molar-refractivity contribution in [3.8, 4) is 0 Å². The van der Waals surface area contributed by atoms with Gasteiger partial charge in [0.05, 0.1) is 12.6 Å². The van der Waals surface area contributed by atoms with Crippen LogP contribution in [0.5, 0.6) is 0 Å². The summed E-state index contributed by atoms with van der Waals surface area (Å²) in [4.78, 5) is 37.6. The van der Waals surface area contributed by atoms with Crippen molar-refractivity contribution in [2.45, 2.75) is 19.5 Å². The summed E-state index contributed by atoms with van der Waals surface area (Å²) >= 11 is 0. The van der Waals surface area contributed by atoms with Gasteiger partial charge in [-0.25, -0.2) is 0 Å². The van der Waals surface area contributed by atoms with Crippen LogP contribution in [-0.4, -0.2) is 24.3 Å². The second kappa shape index (κ2) is 12.9. The maximum absolute atomic E-state index is 12.7. The average molecular weight is 507 g/mol. The lowest BCUT2D eigenvalue weighted by Crippen LogP contribution is -2.27. The first-order chi connectivity index (χ1) is 18.5. The lowest BCUT2D eigenvalue weighted by Gasteiger charge is -2.15. The quantitative estimate of drug-likeness (QED) is 0.239. The zero-order valence-electron chi connectivity index (χ0n) is 21.1. The van der Waals surface area contributed by atoms with E-state index in [-0.39, 0.29) is 30.3 Å². The monoisotopic (exact) mass is 506 g/mol. The molecule has 3 amide bonds. The first kappa shape index (κ1) is 26.2. The summed E-state index contributed by atoms with van der Waals surface area (Å²) in [5.41, 5.74) is 4.27. The van der Waals surface area contributed by atoms with Gasteiger partial charge in [0.25, 0.3) is 11.8 Å². The number of anilines is 2. The summed E-state index contributed by atoms with van der Waals surface area (Å²) in [5.74, 6) is -0.645. The molecule has 4 N–H and O–H groups in total. The number of hydrogen-bond acceptors (Lipinski definition) is 4. The van der Waals surface area contributed by atoms with Gasteiger partial charge in [-0.05, 0) is 60.5 Å². The second-order valence-electron chi connectivity index (χ2n) is 8.83. The standard InChI is InChI=1S/C31H30N4O3/c1-22(24-11-6-3-7-12-24)34-31(38)26-13-8-14-28(19-26)35-29(36)21-32-27-17-15-25(16-18-27)30(37)33-20-23-9-4-2-5-10-23/h2-19,22,32H,20-21H2,1H3,(H,33,37)(H,34,38)(H,35,36). The number of carbonyl (C=O) groups excluding carboxylic acids is 3. The fraction of sp³-hybridized carbons (Fsp3) is 0.129. The van der Waals surface area contributed by atoms with E-state index in [1.54, 1.807) is 48.5 Å². The smallest absolute Gasteiger partial charge is 0.251 e. The Bertz CT molecular complexity index is 1370. The van der Waals surface area contributed by atoms with Gasteiger partial charge in [0.1, 0.15) is 0 Å². The minimum absolute atomic E-state index is 0.0288. The predicted octanol–water partition coefficient (Wildman–Crippen LogP) is 5.16. The summed E-state index contributed by atoms with van der Waals surface area (Å²) in [6.07, 6.45) is 0. The molecule has 192 valence electrons. The Morgan fingerprint density at radius 1 is 0.684 bits per heavy atom. The molecule has 0 aliphatic rings. The molecule has 4 rings (SSSR count). The van der Waals surface area contributed by atoms with Crippen molar-refractivity contribution in [3.05, 3.63) is 131 Å². The van der Waals surface area contributed by atoms with Crippen molar-refractivity contribution in [2.75, 3.05) is 17.2 Å². The number of amides is 3. The van der Waals surface area contributed by atoms with Crippen LogP contribution in [0.3, 0.4) is 0 Å². The molecule has 4 aromatic rings. The minimum atomic E-state index is -0.259. The Balaban J connectivity index is 1.25. The number of carbonyl (C=O) groups is 3. The fourth-order valence-corrected chi connectivity index (χ4v) is 3.85. The van der Waals surface area contributed by atoms with Crippen LogP contribution in [0.1, 0.15) is 44.8 Å². The van der Waals surface area contributed by atoms with E-state index in [0.29, 0.717) is 29.0 Å². The highest BCUT2D eigenvalue weighted by Gasteiger charge is 2.12. The third kappa shape index (κ3) is 7.54. The molecule has 38 heavy (non-hydrogen) atoms. The molecule has 1 unspecified atom stereocenters. The van der Waals surface area contributed by atoms with Gasteiger partial charge in [-0.3, -0.25) is 14.4 Å². The van der Waals surface area contributed by atoms with E-state index in [1.165, 1.54) is 0 Å². The third-order valence-electron chi connectivity index (χ3n) is 5.95. The van der Waals surface area contributed by atoms with E-state index in [2.05, 4.69) is 21.3 Å². The molecular weight excluding hydrogens is 476 g/mol. The van der Waals surface area contributed by atoms with Gasteiger partial charge in [-0.15, -0.1) is 0 Å².